The Morgan fingerprint density at radius 3 is 2.79 bits per heavy atom. The molecule has 0 aromatic heterocycles. The molecule has 2 N–H and O–H groups in total. The monoisotopic (exact) mass is 393 g/mol. The number of nitrogens with zero attached hydrogens (tertiary/aromatic N) is 1. The maximum absolute atomic E-state index is 13.1. The lowest BCUT2D eigenvalue weighted by Gasteiger charge is -2.30. The maximum atomic E-state index is 13.1. The number of hydrogen-bond donors (Lipinski definition) is 2. The molecule has 0 fully saturated rings. The lowest BCUT2D eigenvalue weighted by Crippen LogP contribution is -2.44. The van der Waals surface area contributed by atoms with E-state index in [4.69, 9.17) is 14.2 Å². The summed E-state index contributed by atoms with van der Waals surface area (Å²) in [5.41, 5.74) is 0.911. The van der Waals surface area contributed by atoms with E-state index in [9.17, 15) is 9.59 Å². The molecule has 156 valence electrons. The number of ether oxygens (including phenoxy) is 3. The Bertz CT molecular complexity index is 682. The summed E-state index contributed by atoms with van der Waals surface area (Å²) in [6, 6.07) is 5.17. The molecule has 1 aliphatic rings. The zero-order valence-corrected chi connectivity index (χ0v) is 17.3. The van der Waals surface area contributed by atoms with Crippen molar-refractivity contribution in [3.63, 3.8) is 0 Å². The van der Waals surface area contributed by atoms with Crippen LogP contribution in [0.3, 0.4) is 0 Å². The van der Waals surface area contributed by atoms with Gasteiger partial charge in [0.15, 0.2) is 0 Å². The van der Waals surface area contributed by atoms with Crippen molar-refractivity contribution in [3.8, 4) is 5.75 Å². The van der Waals surface area contributed by atoms with E-state index in [1.807, 2.05) is 6.92 Å². The van der Waals surface area contributed by atoms with Gasteiger partial charge in [-0.25, -0.2) is 0 Å². The van der Waals surface area contributed by atoms with Crippen molar-refractivity contribution in [1.82, 2.24) is 10.2 Å². The molecule has 1 aliphatic heterocycles. The van der Waals surface area contributed by atoms with Gasteiger partial charge in [-0.15, -0.1) is 0 Å². The first-order valence-electron chi connectivity index (χ1n) is 9.43. The fourth-order valence-corrected chi connectivity index (χ4v) is 3.07. The van der Waals surface area contributed by atoms with Gasteiger partial charge in [0.05, 0.1) is 11.7 Å². The minimum Gasteiger partial charge on any atom is -0.491 e. The largest absolute Gasteiger partial charge is 0.491 e. The first kappa shape index (κ1) is 22.1. The Labute approximate surface area is 166 Å². The van der Waals surface area contributed by atoms with E-state index in [1.54, 1.807) is 37.3 Å². The van der Waals surface area contributed by atoms with Gasteiger partial charge in [0.2, 0.25) is 5.91 Å². The number of likely N-dealkylation sites (N-methyl/N-ethyl adjacent to an activating group) is 1. The summed E-state index contributed by atoms with van der Waals surface area (Å²) in [7, 11) is 4.85. The molecule has 0 spiro atoms. The molecule has 0 saturated carbocycles. The van der Waals surface area contributed by atoms with Crippen molar-refractivity contribution >= 4 is 17.5 Å². The van der Waals surface area contributed by atoms with E-state index >= 15 is 0 Å². The molecule has 0 bridgehead atoms. The number of carbonyl (C=O) groups is 2. The number of carbonyl (C=O) groups excluding carboxylic acids is 2. The van der Waals surface area contributed by atoms with Gasteiger partial charge in [0, 0.05) is 46.1 Å². The lowest BCUT2D eigenvalue weighted by atomic mass is 10.0. The molecule has 1 heterocycles. The Balaban J connectivity index is 2.33. The SMILES string of the molecule is COCC(=O)Nc1ccc2c(c1)C(=O)N(C)C[C@H](OC)[C@H](C)CN[C@H](C)CO2. The molecule has 1 aromatic carbocycles. The van der Waals surface area contributed by atoms with Crippen LogP contribution in [-0.4, -0.2) is 76.4 Å². The van der Waals surface area contributed by atoms with Gasteiger partial charge in [-0.2, -0.15) is 0 Å². The summed E-state index contributed by atoms with van der Waals surface area (Å²) < 4.78 is 16.4. The number of anilines is 1. The average Bonchev–Trinajstić information content (AvgIpc) is 2.67. The number of amides is 2. The van der Waals surface area contributed by atoms with Crippen molar-refractivity contribution in [2.45, 2.75) is 26.0 Å². The summed E-state index contributed by atoms with van der Waals surface area (Å²) in [6.45, 7) is 5.71. The minimum absolute atomic E-state index is 0.0575. The zero-order chi connectivity index (χ0) is 20.7. The third-order valence-electron chi connectivity index (χ3n) is 4.78. The van der Waals surface area contributed by atoms with Crippen molar-refractivity contribution in [2.75, 3.05) is 52.9 Å². The lowest BCUT2D eigenvalue weighted by molar-refractivity contribution is -0.119. The molecule has 3 atom stereocenters. The Kier molecular flexibility index (Phi) is 8.22. The first-order chi connectivity index (χ1) is 13.3. The standard InChI is InChI=1S/C20H31N3O5/c1-13-9-21-14(2)11-28-17-7-6-15(22-19(24)12-26-4)8-16(17)20(25)23(3)10-18(13)27-5/h6-8,13-14,18,21H,9-12H2,1-5H3,(H,22,24)/t13-,14-,18+/m1/s1. The molecule has 8 heteroatoms. The number of hydrogen-bond acceptors (Lipinski definition) is 6. The third kappa shape index (κ3) is 5.92. The van der Waals surface area contributed by atoms with Crippen LogP contribution in [0.5, 0.6) is 5.75 Å². The van der Waals surface area contributed by atoms with Crippen LogP contribution in [0.2, 0.25) is 0 Å². The van der Waals surface area contributed by atoms with Gasteiger partial charge >= 0.3 is 0 Å². The van der Waals surface area contributed by atoms with Gasteiger partial charge in [-0.05, 0) is 31.0 Å². The van der Waals surface area contributed by atoms with Gasteiger partial charge in [-0.1, -0.05) is 6.92 Å². The number of benzene rings is 1. The number of nitrogens with one attached hydrogen (secondary N) is 2. The Morgan fingerprint density at radius 1 is 1.36 bits per heavy atom. The van der Waals surface area contributed by atoms with E-state index in [-0.39, 0.29) is 36.5 Å². The van der Waals surface area contributed by atoms with Gasteiger partial charge < -0.3 is 29.7 Å². The van der Waals surface area contributed by atoms with Crippen molar-refractivity contribution in [2.24, 2.45) is 5.92 Å². The molecule has 28 heavy (non-hydrogen) atoms. The molecule has 0 aliphatic carbocycles. The summed E-state index contributed by atoms with van der Waals surface area (Å²) in [4.78, 5) is 26.5. The smallest absolute Gasteiger partial charge is 0.257 e. The van der Waals surface area contributed by atoms with Gasteiger partial charge in [0.1, 0.15) is 19.0 Å². The van der Waals surface area contributed by atoms with Crippen LogP contribution < -0.4 is 15.4 Å². The number of rotatable bonds is 4. The Hall–Kier alpha value is -2.16. The van der Waals surface area contributed by atoms with E-state index in [2.05, 4.69) is 17.6 Å². The highest BCUT2D eigenvalue weighted by Gasteiger charge is 2.25. The van der Waals surface area contributed by atoms with E-state index in [1.165, 1.54) is 7.11 Å². The summed E-state index contributed by atoms with van der Waals surface area (Å²) in [5, 5.41) is 6.17. The van der Waals surface area contributed by atoms with Crippen molar-refractivity contribution in [3.05, 3.63) is 23.8 Å². The molecule has 0 radical (unpaired) electrons. The van der Waals surface area contributed by atoms with Gasteiger partial charge in [-0.3, -0.25) is 9.59 Å². The third-order valence-corrected chi connectivity index (χ3v) is 4.78. The molecule has 2 amide bonds. The Morgan fingerprint density at radius 2 is 2.11 bits per heavy atom. The molecular formula is C20H31N3O5. The van der Waals surface area contributed by atoms with E-state index in [0.29, 0.717) is 30.2 Å². The molecule has 2 rings (SSSR count). The van der Waals surface area contributed by atoms with Crippen LogP contribution in [0.4, 0.5) is 5.69 Å². The second kappa shape index (κ2) is 10.4. The topological polar surface area (TPSA) is 89.1 Å². The van der Waals surface area contributed by atoms with Crippen LogP contribution in [0.15, 0.2) is 18.2 Å². The van der Waals surface area contributed by atoms with Crippen LogP contribution in [0, 0.1) is 5.92 Å². The van der Waals surface area contributed by atoms with Crippen LogP contribution in [-0.2, 0) is 14.3 Å². The molecule has 8 nitrogen and oxygen atoms in total. The summed E-state index contributed by atoms with van der Waals surface area (Å²) >= 11 is 0. The highest BCUT2D eigenvalue weighted by Crippen LogP contribution is 2.25. The molecule has 0 unspecified atom stereocenters. The quantitative estimate of drug-likeness (QED) is 0.803. The fraction of sp³-hybridized carbons (Fsp3) is 0.600. The number of methoxy groups -OCH3 is 2. The average molecular weight is 393 g/mol. The van der Waals surface area contributed by atoms with Crippen molar-refractivity contribution < 1.29 is 23.8 Å². The second-order valence-electron chi connectivity index (χ2n) is 7.25. The highest BCUT2D eigenvalue weighted by atomic mass is 16.5. The van der Waals surface area contributed by atoms with Crippen LogP contribution >= 0.6 is 0 Å². The predicted molar refractivity (Wildman–Crippen MR) is 107 cm³/mol. The summed E-state index contributed by atoms with van der Waals surface area (Å²) in [5.74, 6) is 0.232. The van der Waals surface area contributed by atoms with Crippen LogP contribution in [0.1, 0.15) is 24.2 Å². The van der Waals surface area contributed by atoms with E-state index < -0.39 is 0 Å². The summed E-state index contributed by atoms with van der Waals surface area (Å²) in [6.07, 6.45) is -0.0953. The molecular weight excluding hydrogens is 362 g/mol. The maximum Gasteiger partial charge on any atom is 0.257 e. The first-order valence-corrected chi connectivity index (χ1v) is 9.43. The second-order valence-corrected chi connectivity index (χ2v) is 7.25. The van der Waals surface area contributed by atoms with Gasteiger partial charge in [0.25, 0.3) is 5.91 Å². The molecule has 0 saturated heterocycles. The number of fused-ring (bicyclic) bond motifs is 1. The predicted octanol–water partition coefficient (Wildman–Crippen LogP) is 1.37. The fourth-order valence-electron chi connectivity index (χ4n) is 3.07. The highest BCUT2D eigenvalue weighted by molar-refractivity contribution is 5.99. The minimum atomic E-state index is -0.289. The normalized spacial score (nSPS) is 23.8. The zero-order valence-electron chi connectivity index (χ0n) is 17.3. The van der Waals surface area contributed by atoms with Crippen LogP contribution in [0.25, 0.3) is 0 Å². The van der Waals surface area contributed by atoms with E-state index in [0.717, 1.165) is 6.54 Å². The molecule has 1 aromatic rings. The van der Waals surface area contributed by atoms with Crippen molar-refractivity contribution in [1.29, 1.82) is 0 Å².